The first-order valence-electron chi connectivity index (χ1n) is 5.87. The molecule has 0 saturated heterocycles. The van der Waals surface area contributed by atoms with E-state index in [1.165, 1.54) is 0 Å². The predicted molar refractivity (Wildman–Crippen MR) is 74.4 cm³/mol. The zero-order valence-electron chi connectivity index (χ0n) is 10.6. The highest BCUT2D eigenvalue weighted by atomic mass is 35.5. The summed E-state index contributed by atoms with van der Waals surface area (Å²) in [6.45, 7) is 6.18. The van der Waals surface area contributed by atoms with Crippen LogP contribution in [0.15, 0.2) is 24.3 Å². The quantitative estimate of drug-likeness (QED) is 0.840. The summed E-state index contributed by atoms with van der Waals surface area (Å²) in [5, 5.41) is 9.20. The normalized spacial score (nSPS) is 13.0. The van der Waals surface area contributed by atoms with Crippen molar-refractivity contribution >= 4 is 23.2 Å². The summed E-state index contributed by atoms with van der Waals surface area (Å²) in [5.74, 6) is 1.13. The Balaban J connectivity index is 2.49. The Bertz CT molecular complexity index is 549. The minimum absolute atomic E-state index is 0.0126. The molecule has 1 atom stereocenters. The van der Waals surface area contributed by atoms with Gasteiger partial charge in [0.2, 0.25) is 5.28 Å². The van der Waals surface area contributed by atoms with Crippen LogP contribution in [0.5, 0.6) is 0 Å². The van der Waals surface area contributed by atoms with E-state index in [0.717, 1.165) is 16.4 Å². The third kappa shape index (κ3) is 2.38. The highest BCUT2D eigenvalue weighted by Gasteiger charge is 2.20. The van der Waals surface area contributed by atoms with E-state index in [4.69, 9.17) is 23.2 Å². The lowest BCUT2D eigenvalue weighted by Crippen LogP contribution is -2.12. The van der Waals surface area contributed by atoms with Gasteiger partial charge in [-0.3, -0.25) is 4.57 Å². The Morgan fingerprint density at radius 3 is 2.33 bits per heavy atom. The molecule has 96 valence electrons. The lowest BCUT2D eigenvalue weighted by atomic mass is 10.1. The summed E-state index contributed by atoms with van der Waals surface area (Å²) in [5.41, 5.74) is 1.02. The van der Waals surface area contributed by atoms with E-state index in [-0.39, 0.29) is 12.0 Å². The molecule has 1 heterocycles. The maximum absolute atomic E-state index is 6.22. The van der Waals surface area contributed by atoms with Gasteiger partial charge in [-0.05, 0) is 30.2 Å². The van der Waals surface area contributed by atoms with E-state index in [1.54, 1.807) is 0 Å². The molecule has 2 aromatic rings. The van der Waals surface area contributed by atoms with E-state index in [2.05, 4.69) is 24.0 Å². The van der Waals surface area contributed by atoms with Crippen LogP contribution in [0.2, 0.25) is 10.3 Å². The molecule has 0 bridgehead atoms. The van der Waals surface area contributed by atoms with Gasteiger partial charge in [-0.1, -0.05) is 43.6 Å². The molecule has 0 aliphatic rings. The van der Waals surface area contributed by atoms with Gasteiger partial charge in [0.15, 0.2) is 0 Å². The molecule has 0 aliphatic carbocycles. The van der Waals surface area contributed by atoms with Gasteiger partial charge in [0.05, 0.1) is 6.04 Å². The van der Waals surface area contributed by atoms with Crippen LogP contribution in [-0.4, -0.2) is 14.8 Å². The van der Waals surface area contributed by atoms with Crippen molar-refractivity contribution in [2.24, 2.45) is 0 Å². The fourth-order valence-corrected chi connectivity index (χ4v) is 2.55. The van der Waals surface area contributed by atoms with Crippen molar-refractivity contribution < 1.29 is 0 Å². The zero-order chi connectivity index (χ0) is 13.3. The summed E-state index contributed by atoms with van der Waals surface area (Å²) in [6.07, 6.45) is 0. The molecule has 1 aromatic carbocycles. The molecule has 0 fully saturated rings. The summed E-state index contributed by atoms with van der Waals surface area (Å²) < 4.78 is 1.92. The van der Waals surface area contributed by atoms with Gasteiger partial charge in [0.25, 0.3) is 0 Å². The highest BCUT2D eigenvalue weighted by molar-refractivity contribution is 6.31. The number of halogens is 2. The van der Waals surface area contributed by atoms with Crippen molar-refractivity contribution in [3.05, 3.63) is 46.0 Å². The van der Waals surface area contributed by atoms with Gasteiger partial charge in [-0.25, -0.2) is 0 Å². The highest BCUT2D eigenvalue weighted by Crippen LogP contribution is 2.30. The van der Waals surface area contributed by atoms with Crippen molar-refractivity contribution in [1.82, 2.24) is 14.8 Å². The lowest BCUT2D eigenvalue weighted by Gasteiger charge is -2.19. The fraction of sp³-hybridized carbons (Fsp3) is 0.385. The maximum Gasteiger partial charge on any atom is 0.225 e. The van der Waals surface area contributed by atoms with Gasteiger partial charge >= 0.3 is 0 Å². The molecule has 1 unspecified atom stereocenters. The topological polar surface area (TPSA) is 30.7 Å². The number of rotatable bonds is 3. The molecule has 2 rings (SSSR count). The Kier molecular flexibility index (Phi) is 3.93. The van der Waals surface area contributed by atoms with E-state index in [1.807, 2.05) is 35.8 Å². The van der Waals surface area contributed by atoms with Crippen LogP contribution in [0.3, 0.4) is 0 Å². The van der Waals surface area contributed by atoms with E-state index in [0.29, 0.717) is 5.28 Å². The van der Waals surface area contributed by atoms with Crippen LogP contribution in [0.4, 0.5) is 0 Å². The average Bonchev–Trinajstić information content (AvgIpc) is 2.71. The Hall–Kier alpha value is -1.06. The zero-order valence-corrected chi connectivity index (χ0v) is 12.1. The van der Waals surface area contributed by atoms with Gasteiger partial charge in [0, 0.05) is 10.9 Å². The van der Waals surface area contributed by atoms with Crippen LogP contribution in [0.25, 0.3) is 0 Å². The molecule has 5 heteroatoms. The number of aromatic nitrogens is 3. The van der Waals surface area contributed by atoms with Gasteiger partial charge in [-0.15, -0.1) is 10.2 Å². The molecule has 0 aliphatic heterocycles. The Morgan fingerprint density at radius 2 is 1.72 bits per heavy atom. The third-order valence-corrected chi connectivity index (χ3v) is 3.54. The van der Waals surface area contributed by atoms with E-state index >= 15 is 0 Å². The molecule has 0 N–H and O–H groups in total. The molecule has 0 spiro atoms. The van der Waals surface area contributed by atoms with Gasteiger partial charge in [-0.2, -0.15) is 0 Å². The number of benzene rings is 1. The van der Waals surface area contributed by atoms with Crippen molar-refractivity contribution in [1.29, 1.82) is 0 Å². The Morgan fingerprint density at radius 1 is 1.06 bits per heavy atom. The summed E-state index contributed by atoms with van der Waals surface area (Å²) in [6, 6.07) is 7.76. The molecule has 1 aromatic heterocycles. The van der Waals surface area contributed by atoms with Crippen LogP contribution in [0, 0.1) is 0 Å². The largest absolute Gasteiger partial charge is 0.294 e. The van der Waals surface area contributed by atoms with Crippen LogP contribution in [0.1, 0.15) is 44.1 Å². The summed E-state index contributed by atoms with van der Waals surface area (Å²) in [7, 11) is 0. The minimum atomic E-state index is 0.0126. The first kappa shape index (κ1) is 13.4. The second-order valence-corrected chi connectivity index (χ2v) is 5.29. The molecule has 0 radical (unpaired) electrons. The molecular weight excluding hydrogens is 269 g/mol. The summed E-state index contributed by atoms with van der Waals surface area (Å²) >= 11 is 12.4. The van der Waals surface area contributed by atoms with Crippen molar-refractivity contribution in [2.45, 2.75) is 32.7 Å². The SMILES string of the molecule is CC(C)c1nnc(Cl)n1C(C)c1ccccc1Cl. The smallest absolute Gasteiger partial charge is 0.225 e. The van der Waals surface area contributed by atoms with E-state index < -0.39 is 0 Å². The summed E-state index contributed by atoms with van der Waals surface area (Å²) in [4.78, 5) is 0. The van der Waals surface area contributed by atoms with E-state index in [9.17, 15) is 0 Å². The van der Waals surface area contributed by atoms with Gasteiger partial charge < -0.3 is 0 Å². The number of hydrogen-bond donors (Lipinski definition) is 0. The maximum atomic E-state index is 6.22. The lowest BCUT2D eigenvalue weighted by molar-refractivity contribution is 0.579. The Labute approximate surface area is 117 Å². The second-order valence-electron chi connectivity index (χ2n) is 4.55. The number of hydrogen-bond acceptors (Lipinski definition) is 2. The van der Waals surface area contributed by atoms with Crippen molar-refractivity contribution in [3.63, 3.8) is 0 Å². The van der Waals surface area contributed by atoms with Crippen molar-refractivity contribution in [3.8, 4) is 0 Å². The average molecular weight is 284 g/mol. The third-order valence-electron chi connectivity index (χ3n) is 2.94. The first-order chi connectivity index (χ1) is 8.52. The monoisotopic (exact) mass is 283 g/mol. The molecule has 18 heavy (non-hydrogen) atoms. The standard InChI is InChI=1S/C13H15Cl2N3/c1-8(2)12-16-17-13(15)18(12)9(3)10-6-4-5-7-11(10)14/h4-9H,1-3H3. The van der Waals surface area contributed by atoms with Crippen LogP contribution in [-0.2, 0) is 0 Å². The fourth-order valence-electron chi connectivity index (χ4n) is 1.99. The minimum Gasteiger partial charge on any atom is -0.294 e. The van der Waals surface area contributed by atoms with Gasteiger partial charge in [0.1, 0.15) is 5.82 Å². The predicted octanol–water partition coefficient (Wildman–Crippen LogP) is 4.32. The molecular formula is C13H15Cl2N3. The first-order valence-corrected chi connectivity index (χ1v) is 6.62. The number of nitrogens with zero attached hydrogens (tertiary/aromatic N) is 3. The molecule has 0 amide bonds. The molecule has 0 saturated carbocycles. The van der Waals surface area contributed by atoms with Crippen LogP contribution >= 0.6 is 23.2 Å². The van der Waals surface area contributed by atoms with Crippen LogP contribution < -0.4 is 0 Å². The molecule has 3 nitrogen and oxygen atoms in total. The van der Waals surface area contributed by atoms with Crippen molar-refractivity contribution in [2.75, 3.05) is 0 Å². The second kappa shape index (κ2) is 5.29.